The molecule has 5 nitrogen and oxygen atoms in total. The van der Waals surface area contributed by atoms with Crippen LogP contribution in [0.5, 0.6) is 0 Å². The van der Waals surface area contributed by atoms with Gasteiger partial charge in [0, 0.05) is 12.7 Å². The Morgan fingerprint density at radius 2 is 1.36 bits per heavy atom. The zero-order valence-corrected chi connectivity index (χ0v) is 16.5. The van der Waals surface area contributed by atoms with Crippen molar-refractivity contribution >= 4 is 15.9 Å². The summed E-state index contributed by atoms with van der Waals surface area (Å²) in [6, 6.07) is 24.7. The molecule has 1 unspecified atom stereocenters. The van der Waals surface area contributed by atoms with Crippen molar-refractivity contribution in [2.45, 2.75) is 17.9 Å². The molecule has 3 aromatic rings. The summed E-state index contributed by atoms with van der Waals surface area (Å²) in [6.45, 7) is 1.84. The lowest BCUT2D eigenvalue weighted by atomic mass is 10.00. The first kappa shape index (κ1) is 21.5. The number of benzene rings is 3. The second kappa shape index (κ2) is 9.94. The number of methoxy groups -OCH3 is 1. The monoisotopic (exact) mass is 398 g/mol. The third-order valence-electron chi connectivity index (χ3n) is 3.95. The number of hydrogen-bond acceptors (Lipinski definition) is 4. The summed E-state index contributed by atoms with van der Waals surface area (Å²) in [7, 11) is -2.47. The fourth-order valence-electron chi connectivity index (χ4n) is 2.49. The van der Waals surface area contributed by atoms with E-state index in [9.17, 15) is 13.2 Å². The van der Waals surface area contributed by atoms with Crippen LogP contribution in [0.1, 0.15) is 27.6 Å². The highest BCUT2D eigenvalue weighted by Crippen LogP contribution is 2.21. The molecule has 3 rings (SSSR count). The van der Waals surface area contributed by atoms with Gasteiger partial charge < -0.3 is 4.74 Å². The summed E-state index contributed by atoms with van der Waals surface area (Å²) in [4.78, 5) is 12.2. The van der Waals surface area contributed by atoms with Crippen molar-refractivity contribution in [1.82, 2.24) is 0 Å². The molecule has 0 spiro atoms. The van der Waals surface area contributed by atoms with Crippen LogP contribution in [0.25, 0.3) is 0 Å². The highest BCUT2D eigenvalue weighted by atomic mass is 32.2. The van der Waals surface area contributed by atoms with E-state index in [4.69, 9.17) is 9.29 Å². The third kappa shape index (κ3) is 6.13. The van der Waals surface area contributed by atoms with Gasteiger partial charge in [-0.1, -0.05) is 78.4 Å². The van der Waals surface area contributed by atoms with Crippen molar-refractivity contribution in [1.29, 1.82) is 0 Å². The van der Waals surface area contributed by atoms with Crippen molar-refractivity contribution in [2.75, 3.05) is 7.11 Å². The van der Waals surface area contributed by atoms with E-state index in [0.717, 1.165) is 11.1 Å². The van der Waals surface area contributed by atoms with Gasteiger partial charge in [-0.05, 0) is 24.6 Å². The van der Waals surface area contributed by atoms with Gasteiger partial charge in [0.1, 0.15) is 6.10 Å². The molecule has 0 aromatic heterocycles. The van der Waals surface area contributed by atoms with Gasteiger partial charge in [0.25, 0.3) is 10.1 Å². The van der Waals surface area contributed by atoms with Gasteiger partial charge in [0.2, 0.25) is 0 Å². The van der Waals surface area contributed by atoms with E-state index in [2.05, 4.69) is 0 Å². The van der Waals surface area contributed by atoms with Gasteiger partial charge in [0.15, 0.2) is 5.78 Å². The number of carbonyl (C=O) groups excluding carboxylic acids is 1. The highest BCUT2D eigenvalue weighted by Gasteiger charge is 2.20. The Morgan fingerprint density at radius 1 is 0.857 bits per heavy atom. The maximum absolute atomic E-state index is 12.3. The van der Waals surface area contributed by atoms with Crippen LogP contribution in [-0.4, -0.2) is 25.9 Å². The van der Waals surface area contributed by atoms with Crippen molar-refractivity contribution < 1.29 is 22.5 Å². The van der Waals surface area contributed by atoms with Gasteiger partial charge in [-0.25, -0.2) is 0 Å². The van der Waals surface area contributed by atoms with E-state index in [1.807, 2.05) is 55.5 Å². The molecular weight excluding hydrogens is 376 g/mol. The molecule has 1 atom stereocenters. The number of carbonyl (C=O) groups is 1. The minimum atomic E-state index is -4.02. The van der Waals surface area contributed by atoms with E-state index in [1.54, 1.807) is 31.4 Å². The number of aryl methyl sites for hydroxylation is 1. The molecule has 1 N–H and O–H groups in total. The Balaban J connectivity index is 0.000000221. The summed E-state index contributed by atoms with van der Waals surface area (Å²) in [6.07, 6.45) is -0.529. The maximum atomic E-state index is 12.3. The SMILES string of the molecule is COC(C(=O)c1ccccc1)c1ccccc1.Cc1ccc(S(=O)(=O)O)cc1. The standard InChI is InChI=1S/C15H14O2.C7H8O3S/c1-17-15(13-10-6-3-7-11-13)14(16)12-8-4-2-5-9-12;1-6-2-4-7(5-3-6)11(8,9)10/h2-11,15H,1H3;2-5H,1H3,(H,8,9,10). The number of ketones is 1. The Bertz CT molecular complexity index is 982. The van der Waals surface area contributed by atoms with Crippen LogP contribution in [0, 0.1) is 6.92 Å². The Kier molecular flexibility index (Phi) is 7.63. The van der Waals surface area contributed by atoms with Crippen molar-refractivity contribution in [3.8, 4) is 0 Å². The predicted octanol–water partition coefficient (Wildman–Crippen LogP) is 4.50. The second-order valence-corrected chi connectivity index (χ2v) is 7.47. The third-order valence-corrected chi connectivity index (χ3v) is 4.82. The molecule has 0 aliphatic rings. The van der Waals surface area contributed by atoms with Crippen LogP contribution < -0.4 is 0 Å². The van der Waals surface area contributed by atoms with Crippen LogP contribution in [0.3, 0.4) is 0 Å². The molecule has 28 heavy (non-hydrogen) atoms. The Labute approximate surface area is 165 Å². The van der Waals surface area contributed by atoms with Crippen molar-refractivity contribution in [3.05, 3.63) is 102 Å². The molecule has 0 radical (unpaired) electrons. The zero-order chi connectivity index (χ0) is 20.6. The van der Waals surface area contributed by atoms with E-state index in [1.165, 1.54) is 12.1 Å². The van der Waals surface area contributed by atoms with Crippen LogP contribution in [0.4, 0.5) is 0 Å². The van der Waals surface area contributed by atoms with Crippen LogP contribution in [0.15, 0.2) is 89.8 Å². The number of Topliss-reactive ketones (excluding diaryl/α,β-unsaturated/α-hetero) is 1. The Hall–Kier alpha value is -2.80. The Morgan fingerprint density at radius 3 is 1.82 bits per heavy atom. The lowest BCUT2D eigenvalue weighted by Gasteiger charge is -2.14. The van der Waals surface area contributed by atoms with E-state index in [0.29, 0.717) is 5.56 Å². The van der Waals surface area contributed by atoms with Gasteiger partial charge in [0.05, 0.1) is 4.90 Å². The number of ether oxygens (including phenoxy) is 1. The molecule has 0 bridgehead atoms. The van der Waals surface area contributed by atoms with E-state index < -0.39 is 16.2 Å². The molecule has 0 saturated heterocycles. The van der Waals surface area contributed by atoms with E-state index >= 15 is 0 Å². The second-order valence-electron chi connectivity index (χ2n) is 6.04. The first-order chi connectivity index (χ1) is 13.3. The molecule has 0 amide bonds. The minimum absolute atomic E-state index is 0.0145. The lowest BCUT2D eigenvalue weighted by Crippen LogP contribution is -2.14. The molecule has 3 aromatic carbocycles. The topological polar surface area (TPSA) is 80.7 Å². The van der Waals surface area contributed by atoms with Gasteiger partial charge in [-0.15, -0.1) is 0 Å². The minimum Gasteiger partial charge on any atom is -0.369 e. The summed E-state index contributed by atoms with van der Waals surface area (Å²) in [5.41, 5.74) is 2.50. The maximum Gasteiger partial charge on any atom is 0.294 e. The fraction of sp³-hybridized carbons (Fsp3) is 0.136. The quantitative estimate of drug-likeness (QED) is 0.506. The van der Waals surface area contributed by atoms with Crippen molar-refractivity contribution in [2.24, 2.45) is 0 Å². The zero-order valence-electron chi connectivity index (χ0n) is 15.6. The van der Waals surface area contributed by atoms with Gasteiger partial charge >= 0.3 is 0 Å². The molecule has 0 heterocycles. The molecule has 0 aliphatic heterocycles. The number of rotatable bonds is 5. The van der Waals surface area contributed by atoms with Crippen LogP contribution >= 0.6 is 0 Å². The fourth-order valence-corrected chi connectivity index (χ4v) is 2.97. The summed E-state index contributed by atoms with van der Waals surface area (Å²) in [5.74, 6) is -0.0145. The predicted molar refractivity (Wildman–Crippen MR) is 108 cm³/mol. The molecule has 146 valence electrons. The first-order valence-corrected chi connectivity index (χ1v) is 9.98. The smallest absolute Gasteiger partial charge is 0.294 e. The summed E-state index contributed by atoms with van der Waals surface area (Å²) >= 11 is 0. The molecule has 6 heteroatoms. The normalized spacial score (nSPS) is 11.8. The van der Waals surface area contributed by atoms with Crippen molar-refractivity contribution in [3.63, 3.8) is 0 Å². The van der Waals surface area contributed by atoms with Crippen LogP contribution in [0.2, 0.25) is 0 Å². The lowest BCUT2D eigenvalue weighted by molar-refractivity contribution is 0.0604. The first-order valence-electron chi connectivity index (χ1n) is 8.54. The molecule has 0 fully saturated rings. The van der Waals surface area contributed by atoms with Crippen LogP contribution in [-0.2, 0) is 14.9 Å². The highest BCUT2D eigenvalue weighted by molar-refractivity contribution is 7.85. The van der Waals surface area contributed by atoms with E-state index in [-0.39, 0.29) is 10.7 Å². The van der Waals surface area contributed by atoms with Gasteiger partial charge in [-0.3, -0.25) is 9.35 Å². The molecular formula is C22H22O5S. The largest absolute Gasteiger partial charge is 0.369 e. The average Bonchev–Trinajstić information content (AvgIpc) is 2.70. The molecule has 0 aliphatic carbocycles. The average molecular weight is 398 g/mol. The summed E-state index contributed by atoms with van der Waals surface area (Å²) in [5, 5.41) is 0. The summed E-state index contributed by atoms with van der Waals surface area (Å²) < 4.78 is 34.9. The van der Waals surface area contributed by atoms with Gasteiger partial charge in [-0.2, -0.15) is 8.42 Å². The number of hydrogen-bond donors (Lipinski definition) is 1. The molecule has 0 saturated carbocycles.